The van der Waals surface area contributed by atoms with Crippen molar-refractivity contribution < 1.29 is 9.84 Å². The van der Waals surface area contributed by atoms with Gasteiger partial charge in [0, 0.05) is 34.5 Å². The van der Waals surface area contributed by atoms with Gasteiger partial charge in [0.25, 0.3) is 0 Å². The highest BCUT2D eigenvalue weighted by Crippen LogP contribution is 2.35. The van der Waals surface area contributed by atoms with Gasteiger partial charge in [0.05, 0.1) is 7.11 Å². The van der Waals surface area contributed by atoms with E-state index in [0.717, 1.165) is 39.0 Å². The smallest absolute Gasteiger partial charge is 0.137 e. The Balaban J connectivity index is 1.82. The summed E-state index contributed by atoms with van der Waals surface area (Å²) in [7, 11) is 1.67. The molecule has 0 aliphatic heterocycles. The van der Waals surface area contributed by atoms with Gasteiger partial charge < -0.3 is 20.6 Å². The number of methoxy groups -OCH3 is 1. The largest absolute Gasteiger partial charge is 0.496 e. The Labute approximate surface area is 151 Å². The Hall–Kier alpha value is -3.15. The molecular weight excluding hydrogens is 326 g/mol. The fraction of sp³-hybridized carbons (Fsp3) is 0.0952. The number of aromatic amines is 1. The number of nitrogens with one attached hydrogen (secondary N) is 1. The lowest BCUT2D eigenvalue weighted by molar-refractivity contribution is 0.186. The summed E-state index contributed by atoms with van der Waals surface area (Å²) in [5.41, 5.74) is 11.1. The summed E-state index contributed by atoms with van der Waals surface area (Å²) >= 11 is 0. The van der Waals surface area contributed by atoms with Crippen LogP contribution in [0.15, 0.2) is 67.0 Å². The molecule has 26 heavy (non-hydrogen) atoms. The molecule has 4 N–H and O–H groups in total. The van der Waals surface area contributed by atoms with Crippen LogP contribution >= 0.6 is 0 Å². The number of fused-ring (bicyclic) bond motifs is 1. The molecule has 0 aliphatic carbocycles. The molecule has 4 aromatic rings. The van der Waals surface area contributed by atoms with E-state index >= 15 is 0 Å². The van der Waals surface area contributed by atoms with E-state index in [4.69, 9.17) is 10.5 Å². The average Bonchev–Trinajstić information content (AvgIpc) is 3.11. The molecule has 2 heterocycles. The highest BCUT2D eigenvalue weighted by Gasteiger charge is 2.12. The third-order valence-corrected chi connectivity index (χ3v) is 4.51. The highest BCUT2D eigenvalue weighted by molar-refractivity contribution is 5.97. The SMILES string of the molecule is COc1ccccc1-c1c[nH]c2ncc(-c3ccc(C(N)O)cc3)cc12. The van der Waals surface area contributed by atoms with E-state index in [2.05, 4.69) is 16.0 Å². The van der Waals surface area contributed by atoms with Gasteiger partial charge in [0.2, 0.25) is 0 Å². The summed E-state index contributed by atoms with van der Waals surface area (Å²) in [6.07, 6.45) is 2.82. The number of hydrogen-bond acceptors (Lipinski definition) is 4. The highest BCUT2D eigenvalue weighted by atomic mass is 16.5. The van der Waals surface area contributed by atoms with Gasteiger partial charge in [-0.05, 0) is 23.3 Å². The van der Waals surface area contributed by atoms with E-state index in [1.807, 2.05) is 60.9 Å². The third kappa shape index (κ3) is 2.83. The van der Waals surface area contributed by atoms with Crippen molar-refractivity contribution in [3.8, 4) is 28.0 Å². The zero-order valence-corrected chi connectivity index (χ0v) is 14.3. The van der Waals surface area contributed by atoms with Gasteiger partial charge in [-0.25, -0.2) is 4.98 Å². The molecule has 5 nitrogen and oxygen atoms in total. The van der Waals surface area contributed by atoms with Crippen molar-refractivity contribution in [2.45, 2.75) is 6.23 Å². The molecule has 4 rings (SSSR count). The zero-order chi connectivity index (χ0) is 18.1. The van der Waals surface area contributed by atoms with Crippen molar-refractivity contribution in [3.63, 3.8) is 0 Å². The van der Waals surface area contributed by atoms with E-state index in [1.54, 1.807) is 7.11 Å². The summed E-state index contributed by atoms with van der Waals surface area (Å²) < 4.78 is 5.50. The Morgan fingerprint density at radius 2 is 1.81 bits per heavy atom. The van der Waals surface area contributed by atoms with Crippen LogP contribution < -0.4 is 10.5 Å². The van der Waals surface area contributed by atoms with E-state index in [-0.39, 0.29) is 0 Å². The molecule has 0 spiro atoms. The second kappa shape index (κ2) is 6.63. The molecule has 1 atom stereocenters. The molecule has 130 valence electrons. The second-order valence-corrected chi connectivity index (χ2v) is 6.09. The molecule has 0 saturated carbocycles. The minimum atomic E-state index is -0.966. The van der Waals surface area contributed by atoms with Crippen molar-refractivity contribution in [1.29, 1.82) is 0 Å². The number of H-pyrrole nitrogens is 1. The van der Waals surface area contributed by atoms with Gasteiger partial charge in [0.1, 0.15) is 17.6 Å². The number of nitrogens with zero attached hydrogens (tertiary/aromatic N) is 1. The van der Waals surface area contributed by atoms with Crippen molar-refractivity contribution in [3.05, 3.63) is 72.6 Å². The van der Waals surface area contributed by atoms with E-state index in [0.29, 0.717) is 5.56 Å². The fourth-order valence-electron chi connectivity index (χ4n) is 3.12. The van der Waals surface area contributed by atoms with Gasteiger partial charge >= 0.3 is 0 Å². The Morgan fingerprint density at radius 3 is 2.54 bits per heavy atom. The topological polar surface area (TPSA) is 84.2 Å². The lowest BCUT2D eigenvalue weighted by Gasteiger charge is -2.08. The number of aliphatic hydroxyl groups is 1. The summed E-state index contributed by atoms with van der Waals surface area (Å²) in [5, 5.41) is 10.5. The third-order valence-electron chi connectivity index (χ3n) is 4.51. The first-order valence-electron chi connectivity index (χ1n) is 8.32. The van der Waals surface area contributed by atoms with Crippen LogP contribution in [0.25, 0.3) is 33.3 Å². The Kier molecular flexibility index (Phi) is 4.16. The predicted octanol–water partition coefficient (Wildman–Crippen LogP) is 3.86. The number of aliphatic hydroxyl groups excluding tert-OH is 1. The normalized spacial score (nSPS) is 12.3. The van der Waals surface area contributed by atoms with Crippen LogP contribution in [0.5, 0.6) is 5.75 Å². The van der Waals surface area contributed by atoms with Crippen LogP contribution in [-0.4, -0.2) is 22.2 Å². The maximum absolute atomic E-state index is 9.46. The van der Waals surface area contributed by atoms with E-state index in [9.17, 15) is 5.11 Å². The number of ether oxygens (including phenoxy) is 1. The number of nitrogens with two attached hydrogens (primary N) is 1. The van der Waals surface area contributed by atoms with Crippen LogP contribution in [0.1, 0.15) is 11.8 Å². The minimum absolute atomic E-state index is 0.680. The lowest BCUT2D eigenvalue weighted by atomic mass is 10.0. The van der Waals surface area contributed by atoms with Gasteiger partial charge in [-0.1, -0.05) is 42.5 Å². The first-order chi connectivity index (χ1) is 12.7. The molecule has 5 heteroatoms. The zero-order valence-electron chi connectivity index (χ0n) is 14.3. The second-order valence-electron chi connectivity index (χ2n) is 6.09. The molecule has 0 aliphatic rings. The van der Waals surface area contributed by atoms with Crippen molar-refractivity contribution in [2.24, 2.45) is 5.73 Å². The number of pyridine rings is 1. The van der Waals surface area contributed by atoms with Crippen LogP contribution in [0.2, 0.25) is 0 Å². The van der Waals surface area contributed by atoms with Gasteiger partial charge in [-0.15, -0.1) is 0 Å². The predicted molar refractivity (Wildman–Crippen MR) is 103 cm³/mol. The molecule has 2 aromatic heterocycles. The molecule has 0 amide bonds. The standard InChI is InChI=1S/C21H19N3O2/c1-26-19-5-3-2-4-16(19)18-12-24-21-17(18)10-15(11-23-21)13-6-8-14(9-7-13)20(22)25/h2-12,20,25H,22H2,1H3,(H,23,24). The summed E-state index contributed by atoms with van der Waals surface area (Å²) in [6.45, 7) is 0. The molecular formula is C21H19N3O2. The van der Waals surface area contributed by atoms with Crippen molar-refractivity contribution >= 4 is 11.0 Å². The van der Waals surface area contributed by atoms with Gasteiger partial charge in [-0.2, -0.15) is 0 Å². The van der Waals surface area contributed by atoms with Crippen LogP contribution in [-0.2, 0) is 0 Å². The Bertz CT molecular complexity index is 1050. The quantitative estimate of drug-likeness (QED) is 0.491. The molecule has 0 bridgehead atoms. The molecule has 1 unspecified atom stereocenters. The van der Waals surface area contributed by atoms with Gasteiger partial charge in [-0.3, -0.25) is 0 Å². The van der Waals surface area contributed by atoms with E-state index in [1.165, 1.54) is 0 Å². The van der Waals surface area contributed by atoms with Crippen molar-refractivity contribution in [2.75, 3.05) is 7.11 Å². The minimum Gasteiger partial charge on any atom is -0.496 e. The van der Waals surface area contributed by atoms with Crippen LogP contribution in [0.4, 0.5) is 0 Å². The monoisotopic (exact) mass is 345 g/mol. The number of hydrogen-bond donors (Lipinski definition) is 3. The first kappa shape index (κ1) is 16.3. The maximum Gasteiger partial charge on any atom is 0.137 e. The summed E-state index contributed by atoms with van der Waals surface area (Å²) in [6, 6.07) is 17.5. The fourth-order valence-corrected chi connectivity index (χ4v) is 3.12. The summed E-state index contributed by atoms with van der Waals surface area (Å²) in [4.78, 5) is 7.77. The van der Waals surface area contributed by atoms with Crippen molar-refractivity contribution in [1.82, 2.24) is 9.97 Å². The number of aromatic nitrogens is 2. The van der Waals surface area contributed by atoms with Crippen LogP contribution in [0, 0.1) is 0 Å². The molecule has 0 saturated heterocycles. The number of benzene rings is 2. The lowest BCUT2D eigenvalue weighted by Crippen LogP contribution is -2.07. The molecule has 0 radical (unpaired) electrons. The summed E-state index contributed by atoms with van der Waals surface area (Å²) in [5.74, 6) is 0.820. The number of para-hydroxylation sites is 1. The Morgan fingerprint density at radius 1 is 1.04 bits per heavy atom. The average molecular weight is 345 g/mol. The molecule has 2 aromatic carbocycles. The maximum atomic E-state index is 9.46. The van der Waals surface area contributed by atoms with Gasteiger partial charge in [0.15, 0.2) is 0 Å². The van der Waals surface area contributed by atoms with E-state index < -0.39 is 6.23 Å². The van der Waals surface area contributed by atoms with Crippen LogP contribution in [0.3, 0.4) is 0 Å². The number of rotatable bonds is 4. The molecule has 0 fully saturated rings. The first-order valence-corrected chi connectivity index (χ1v) is 8.32.